The summed E-state index contributed by atoms with van der Waals surface area (Å²) in [6, 6.07) is 9.73. The van der Waals surface area contributed by atoms with Crippen LogP contribution in [0.5, 0.6) is 5.75 Å². The smallest absolute Gasteiger partial charge is 0.342 e. The molecule has 3 N–H and O–H groups in total. The van der Waals surface area contributed by atoms with Crippen molar-refractivity contribution >= 4 is 17.6 Å². The van der Waals surface area contributed by atoms with E-state index in [0.29, 0.717) is 29.1 Å². The predicted molar refractivity (Wildman–Crippen MR) is 117 cm³/mol. The third-order valence-electron chi connectivity index (χ3n) is 5.43. The molecule has 160 valence electrons. The van der Waals surface area contributed by atoms with Gasteiger partial charge >= 0.3 is 6.03 Å². The molecule has 8 heteroatoms. The lowest BCUT2D eigenvalue weighted by Gasteiger charge is -2.25. The first kappa shape index (κ1) is 20.6. The topological polar surface area (TPSA) is 109 Å². The summed E-state index contributed by atoms with van der Waals surface area (Å²) >= 11 is 0. The fraction of sp³-hybridized carbons (Fsp3) is 0.304. The second-order valence-corrected chi connectivity index (χ2v) is 7.65. The summed E-state index contributed by atoms with van der Waals surface area (Å²) < 4.78 is 1.41. The summed E-state index contributed by atoms with van der Waals surface area (Å²) in [7, 11) is 0. The predicted octanol–water partition coefficient (Wildman–Crippen LogP) is 4.14. The van der Waals surface area contributed by atoms with Crippen molar-refractivity contribution in [3.05, 3.63) is 60.0 Å². The van der Waals surface area contributed by atoms with Gasteiger partial charge in [-0.25, -0.2) is 4.79 Å². The molecule has 0 atom stereocenters. The van der Waals surface area contributed by atoms with Crippen LogP contribution in [0, 0.1) is 0 Å². The summed E-state index contributed by atoms with van der Waals surface area (Å²) in [5.74, 6) is 0.00626. The van der Waals surface area contributed by atoms with Gasteiger partial charge in [-0.15, -0.1) is 0 Å². The molecule has 0 aliphatic heterocycles. The van der Waals surface area contributed by atoms with E-state index in [1.165, 1.54) is 16.9 Å². The molecular weight excluding hydrogens is 394 g/mol. The number of rotatable bonds is 6. The van der Waals surface area contributed by atoms with Crippen molar-refractivity contribution in [2.24, 2.45) is 0 Å². The minimum atomic E-state index is -0.302. The van der Waals surface area contributed by atoms with Gasteiger partial charge in [-0.2, -0.15) is 9.78 Å². The number of hydrogen-bond donors (Lipinski definition) is 3. The van der Waals surface area contributed by atoms with E-state index in [0.717, 1.165) is 31.4 Å². The monoisotopic (exact) mass is 419 g/mol. The number of hydrogen-bond acceptors (Lipinski definition) is 5. The van der Waals surface area contributed by atoms with E-state index in [2.05, 4.69) is 20.7 Å². The van der Waals surface area contributed by atoms with Gasteiger partial charge in [-0.3, -0.25) is 9.78 Å². The average Bonchev–Trinajstić information content (AvgIpc) is 3.17. The van der Waals surface area contributed by atoms with Crippen LogP contribution in [0.25, 0.3) is 11.3 Å². The molecule has 1 aromatic carbocycles. The highest BCUT2D eigenvalue weighted by Gasteiger charge is 2.27. The van der Waals surface area contributed by atoms with Gasteiger partial charge in [-0.1, -0.05) is 13.3 Å². The molecule has 0 saturated heterocycles. The zero-order valence-electron chi connectivity index (χ0n) is 17.3. The van der Waals surface area contributed by atoms with Gasteiger partial charge in [0.2, 0.25) is 0 Å². The quantitative estimate of drug-likeness (QED) is 0.520. The molecule has 2 heterocycles. The fourth-order valence-corrected chi connectivity index (χ4v) is 3.51. The van der Waals surface area contributed by atoms with Gasteiger partial charge in [0.15, 0.2) is 0 Å². The number of phenols is 1. The molecule has 0 bridgehead atoms. The second-order valence-electron chi connectivity index (χ2n) is 7.65. The van der Waals surface area contributed by atoms with Gasteiger partial charge in [0.25, 0.3) is 5.91 Å². The molecular formula is C23H25N5O3. The van der Waals surface area contributed by atoms with Crippen LogP contribution in [0.15, 0.2) is 48.8 Å². The summed E-state index contributed by atoms with van der Waals surface area (Å²) in [5.41, 5.74) is 2.73. The van der Waals surface area contributed by atoms with Crippen LogP contribution < -0.4 is 10.6 Å². The lowest BCUT2D eigenvalue weighted by atomic mass is 9.82. The Hall–Kier alpha value is -3.68. The molecule has 0 spiro atoms. The Balaban J connectivity index is 1.64. The minimum absolute atomic E-state index is 0.0261. The number of phenolic OH excluding ortho intramolecular Hbond substituents is 1. The first-order valence-electron chi connectivity index (χ1n) is 10.5. The van der Waals surface area contributed by atoms with Crippen LogP contribution in [0.3, 0.4) is 0 Å². The molecule has 3 aromatic rings. The fourth-order valence-electron chi connectivity index (χ4n) is 3.51. The zero-order chi connectivity index (χ0) is 21.8. The van der Waals surface area contributed by atoms with Crippen molar-refractivity contribution in [3.63, 3.8) is 0 Å². The number of aromatic hydroxyl groups is 1. The molecule has 31 heavy (non-hydrogen) atoms. The number of aromatic nitrogens is 3. The highest BCUT2D eigenvalue weighted by atomic mass is 16.3. The molecule has 1 fully saturated rings. The van der Waals surface area contributed by atoms with E-state index >= 15 is 0 Å². The first-order chi connectivity index (χ1) is 15.1. The molecule has 8 nitrogen and oxygen atoms in total. The van der Waals surface area contributed by atoms with Gasteiger partial charge < -0.3 is 15.7 Å². The maximum absolute atomic E-state index is 12.6. The summed E-state index contributed by atoms with van der Waals surface area (Å²) in [5, 5.41) is 20.6. The van der Waals surface area contributed by atoms with Crippen LogP contribution >= 0.6 is 0 Å². The van der Waals surface area contributed by atoms with Gasteiger partial charge in [0.1, 0.15) is 5.75 Å². The number of nitrogens with one attached hydrogen (secondary N) is 2. The lowest BCUT2D eigenvalue weighted by Crippen LogP contribution is -2.32. The van der Waals surface area contributed by atoms with E-state index in [1.807, 2.05) is 13.0 Å². The summed E-state index contributed by atoms with van der Waals surface area (Å²) in [6.07, 6.45) is 7.07. The average molecular weight is 419 g/mol. The third-order valence-corrected chi connectivity index (χ3v) is 5.43. The molecule has 0 unspecified atom stereocenters. The Kier molecular flexibility index (Phi) is 5.97. The first-order valence-corrected chi connectivity index (χ1v) is 10.5. The van der Waals surface area contributed by atoms with Crippen molar-refractivity contribution in [1.29, 1.82) is 0 Å². The molecule has 0 radical (unpaired) electrons. The molecule has 1 aliphatic rings. The van der Waals surface area contributed by atoms with Gasteiger partial charge in [0.05, 0.1) is 17.0 Å². The molecule has 4 rings (SSSR count). The van der Waals surface area contributed by atoms with Crippen LogP contribution in [0.1, 0.15) is 54.6 Å². The highest BCUT2D eigenvalue weighted by Crippen LogP contribution is 2.39. The number of anilines is 1. The van der Waals surface area contributed by atoms with E-state index in [4.69, 9.17) is 0 Å². The van der Waals surface area contributed by atoms with Crippen LogP contribution in [0.2, 0.25) is 0 Å². The lowest BCUT2D eigenvalue weighted by molar-refractivity contribution is 0.102. The molecule has 1 aliphatic carbocycles. The van der Waals surface area contributed by atoms with Crippen molar-refractivity contribution in [2.75, 3.05) is 11.9 Å². The van der Waals surface area contributed by atoms with Crippen molar-refractivity contribution < 1.29 is 14.7 Å². The maximum Gasteiger partial charge on any atom is 0.342 e. The van der Waals surface area contributed by atoms with E-state index in [-0.39, 0.29) is 23.6 Å². The molecule has 2 amide bonds. The largest absolute Gasteiger partial charge is 0.507 e. The van der Waals surface area contributed by atoms with Gasteiger partial charge in [0, 0.05) is 36.1 Å². The summed E-state index contributed by atoms with van der Waals surface area (Å²) in [4.78, 5) is 29.0. The normalized spacial score (nSPS) is 13.5. The number of amides is 2. The Morgan fingerprint density at radius 3 is 2.74 bits per heavy atom. The number of carbonyl (C=O) groups excluding carboxylic acids is 2. The number of pyridine rings is 1. The third kappa shape index (κ3) is 4.42. The van der Waals surface area contributed by atoms with Crippen molar-refractivity contribution in [2.45, 2.75) is 38.5 Å². The Bertz CT molecular complexity index is 1090. The Morgan fingerprint density at radius 2 is 2.06 bits per heavy atom. The van der Waals surface area contributed by atoms with E-state index in [9.17, 15) is 14.7 Å². The zero-order valence-corrected chi connectivity index (χ0v) is 17.3. The van der Waals surface area contributed by atoms with E-state index in [1.54, 1.807) is 30.5 Å². The highest BCUT2D eigenvalue weighted by molar-refractivity contribution is 6.04. The minimum Gasteiger partial charge on any atom is -0.507 e. The van der Waals surface area contributed by atoms with Crippen LogP contribution in [-0.2, 0) is 0 Å². The maximum atomic E-state index is 12.6. The number of carbonyl (C=O) groups is 2. The number of benzene rings is 1. The molecule has 2 aromatic heterocycles. The van der Waals surface area contributed by atoms with Crippen molar-refractivity contribution in [3.8, 4) is 17.0 Å². The Morgan fingerprint density at radius 1 is 1.23 bits per heavy atom. The Labute approximate surface area is 180 Å². The van der Waals surface area contributed by atoms with Crippen LogP contribution in [-0.4, -0.2) is 38.4 Å². The second kappa shape index (κ2) is 8.99. The van der Waals surface area contributed by atoms with Crippen LogP contribution in [0.4, 0.5) is 10.5 Å². The summed E-state index contributed by atoms with van der Waals surface area (Å²) in [6.45, 7) is 2.56. The SMILES string of the molecule is CCCNC(=O)n1nc(-c2cc(NC(=O)c3cccnc3)ccc2O)cc1C1CCC1. The van der Waals surface area contributed by atoms with Crippen molar-refractivity contribution in [1.82, 2.24) is 20.1 Å². The molecule has 1 saturated carbocycles. The standard InChI is InChI=1S/C23H25N5O3/c1-2-10-25-23(31)28-20(15-5-3-6-15)13-19(27-28)18-12-17(8-9-21(18)29)26-22(30)16-7-4-11-24-14-16/h4,7-9,11-15,29H,2-3,5-6,10H2,1H3,(H,25,31)(H,26,30). The van der Waals surface area contributed by atoms with E-state index < -0.39 is 0 Å². The van der Waals surface area contributed by atoms with Gasteiger partial charge in [-0.05, 0) is 55.7 Å². The number of nitrogens with zero attached hydrogens (tertiary/aromatic N) is 3.